The van der Waals surface area contributed by atoms with Crippen LogP contribution in [0.25, 0.3) is 0 Å². The van der Waals surface area contributed by atoms with E-state index in [2.05, 4.69) is 20.7 Å². The van der Waals surface area contributed by atoms with Gasteiger partial charge >= 0.3 is 0 Å². The Morgan fingerprint density at radius 1 is 1.26 bits per heavy atom. The predicted octanol–water partition coefficient (Wildman–Crippen LogP) is 2.04. The molecular weight excluding hydrogens is 344 g/mol. The second-order valence-electron chi connectivity index (χ2n) is 3.63. The summed E-state index contributed by atoms with van der Waals surface area (Å²) >= 11 is 3.19. The summed E-state index contributed by atoms with van der Waals surface area (Å²) in [4.78, 5) is -0.560. The zero-order chi connectivity index (χ0) is 14.3. The van der Waals surface area contributed by atoms with Crippen molar-refractivity contribution < 1.29 is 21.9 Å². The minimum atomic E-state index is -3.96. The second-order valence-corrected chi connectivity index (χ2v) is 6.16. The number of benzene rings is 1. The fraction of sp³-hybridized carbons (Fsp3) is 0.455. The van der Waals surface area contributed by atoms with Gasteiger partial charge < -0.3 is 4.74 Å². The summed E-state index contributed by atoms with van der Waals surface area (Å²) in [5, 5.41) is 0.708. The standard InChI is InChI=1S/C11H14BrF2NO3S/c12-4-7-18-6-1-5-15-19(16,17)11-3-2-9(13)8-10(11)14/h2-3,8,15H,1,4-7H2. The molecule has 0 aromatic heterocycles. The maximum Gasteiger partial charge on any atom is 0.243 e. The van der Waals surface area contributed by atoms with Gasteiger partial charge in [0.2, 0.25) is 10.0 Å². The van der Waals surface area contributed by atoms with E-state index in [0.29, 0.717) is 31.0 Å². The lowest BCUT2D eigenvalue weighted by Crippen LogP contribution is -2.26. The fourth-order valence-corrected chi connectivity index (χ4v) is 2.67. The van der Waals surface area contributed by atoms with Crippen LogP contribution < -0.4 is 4.72 Å². The Bertz CT molecular complexity index is 511. The Hall–Kier alpha value is -0.570. The lowest BCUT2D eigenvalue weighted by Gasteiger charge is -2.07. The Balaban J connectivity index is 2.52. The number of hydrogen-bond donors (Lipinski definition) is 1. The first-order valence-electron chi connectivity index (χ1n) is 5.56. The van der Waals surface area contributed by atoms with Gasteiger partial charge in [0.25, 0.3) is 0 Å². The lowest BCUT2D eigenvalue weighted by molar-refractivity contribution is 0.149. The number of nitrogens with one attached hydrogen (secondary N) is 1. The van der Waals surface area contributed by atoms with Gasteiger partial charge in [-0.3, -0.25) is 0 Å². The first-order chi connectivity index (χ1) is 8.97. The number of ether oxygens (including phenoxy) is 1. The third kappa shape index (κ3) is 5.52. The molecule has 0 saturated carbocycles. The van der Waals surface area contributed by atoms with E-state index in [4.69, 9.17) is 4.74 Å². The van der Waals surface area contributed by atoms with Crippen molar-refractivity contribution in [1.29, 1.82) is 0 Å². The van der Waals surface area contributed by atoms with Crippen molar-refractivity contribution in [2.24, 2.45) is 0 Å². The minimum Gasteiger partial charge on any atom is -0.381 e. The molecular formula is C11H14BrF2NO3S. The molecule has 1 aromatic rings. The van der Waals surface area contributed by atoms with Crippen molar-refractivity contribution >= 4 is 26.0 Å². The van der Waals surface area contributed by atoms with Crippen molar-refractivity contribution in [2.45, 2.75) is 11.3 Å². The molecule has 4 nitrogen and oxygen atoms in total. The molecule has 0 unspecified atom stereocenters. The van der Waals surface area contributed by atoms with E-state index in [1.165, 1.54) is 0 Å². The molecule has 0 heterocycles. The molecule has 1 rings (SSSR count). The molecule has 0 aliphatic rings. The summed E-state index contributed by atoms with van der Waals surface area (Å²) in [6, 6.07) is 2.33. The molecule has 0 fully saturated rings. The van der Waals surface area contributed by atoms with Crippen molar-refractivity contribution in [3.63, 3.8) is 0 Å². The van der Waals surface area contributed by atoms with Crippen LogP contribution >= 0.6 is 15.9 Å². The van der Waals surface area contributed by atoms with Crippen LogP contribution in [0.2, 0.25) is 0 Å². The van der Waals surface area contributed by atoms with E-state index in [-0.39, 0.29) is 6.54 Å². The minimum absolute atomic E-state index is 0.126. The molecule has 0 saturated heterocycles. The van der Waals surface area contributed by atoms with E-state index in [9.17, 15) is 17.2 Å². The highest BCUT2D eigenvalue weighted by molar-refractivity contribution is 9.09. The van der Waals surface area contributed by atoms with Gasteiger partial charge in [-0.2, -0.15) is 0 Å². The third-order valence-electron chi connectivity index (χ3n) is 2.16. The molecule has 0 atom stereocenters. The number of hydrogen-bond acceptors (Lipinski definition) is 3. The van der Waals surface area contributed by atoms with Crippen LogP contribution in [0.3, 0.4) is 0 Å². The Morgan fingerprint density at radius 2 is 2.00 bits per heavy atom. The van der Waals surface area contributed by atoms with Crippen molar-refractivity contribution in [1.82, 2.24) is 4.72 Å². The van der Waals surface area contributed by atoms with E-state index in [1.54, 1.807) is 0 Å². The van der Waals surface area contributed by atoms with Crippen LogP contribution in [0.1, 0.15) is 6.42 Å². The van der Waals surface area contributed by atoms with Gasteiger partial charge in [0.15, 0.2) is 0 Å². The van der Waals surface area contributed by atoms with Crippen molar-refractivity contribution in [2.75, 3.05) is 25.1 Å². The summed E-state index contributed by atoms with van der Waals surface area (Å²) in [6.07, 6.45) is 0.467. The zero-order valence-corrected chi connectivity index (χ0v) is 12.4. The predicted molar refractivity (Wildman–Crippen MR) is 70.8 cm³/mol. The van der Waals surface area contributed by atoms with Gasteiger partial charge in [-0.25, -0.2) is 21.9 Å². The van der Waals surface area contributed by atoms with Crippen molar-refractivity contribution in [3.8, 4) is 0 Å². The van der Waals surface area contributed by atoms with E-state index in [0.717, 1.165) is 12.1 Å². The van der Waals surface area contributed by atoms with Gasteiger partial charge in [0, 0.05) is 24.5 Å². The maximum atomic E-state index is 13.3. The van der Waals surface area contributed by atoms with Gasteiger partial charge in [-0.1, -0.05) is 15.9 Å². The average Bonchev–Trinajstić information content (AvgIpc) is 2.33. The van der Waals surface area contributed by atoms with Crippen LogP contribution in [0.5, 0.6) is 0 Å². The topological polar surface area (TPSA) is 55.4 Å². The number of sulfonamides is 1. The summed E-state index contributed by atoms with van der Waals surface area (Å²) in [7, 11) is -3.96. The van der Waals surface area contributed by atoms with Gasteiger partial charge in [-0.05, 0) is 18.6 Å². The number of alkyl halides is 1. The third-order valence-corrected chi connectivity index (χ3v) is 3.98. The highest BCUT2D eigenvalue weighted by Crippen LogP contribution is 2.15. The molecule has 0 bridgehead atoms. The molecule has 19 heavy (non-hydrogen) atoms. The quantitative estimate of drug-likeness (QED) is 0.572. The number of rotatable bonds is 8. The SMILES string of the molecule is O=S(=O)(NCCCOCCBr)c1ccc(F)cc1F. The Labute approximate surface area is 119 Å². The van der Waals surface area contributed by atoms with Crippen LogP contribution in [-0.4, -0.2) is 33.5 Å². The van der Waals surface area contributed by atoms with Crippen LogP contribution in [0.4, 0.5) is 8.78 Å². The normalized spacial score (nSPS) is 11.7. The van der Waals surface area contributed by atoms with Crippen LogP contribution in [0.15, 0.2) is 23.1 Å². The van der Waals surface area contributed by atoms with E-state index in [1.807, 2.05) is 0 Å². The van der Waals surface area contributed by atoms with Gasteiger partial charge in [0.1, 0.15) is 16.5 Å². The maximum absolute atomic E-state index is 13.3. The van der Waals surface area contributed by atoms with Crippen LogP contribution in [0, 0.1) is 11.6 Å². The number of halogens is 3. The monoisotopic (exact) mass is 357 g/mol. The average molecular weight is 358 g/mol. The molecule has 8 heteroatoms. The Morgan fingerprint density at radius 3 is 2.63 bits per heavy atom. The molecule has 0 spiro atoms. The first kappa shape index (κ1) is 16.5. The molecule has 0 amide bonds. The fourth-order valence-electron chi connectivity index (χ4n) is 1.31. The molecule has 0 radical (unpaired) electrons. The highest BCUT2D eigenvalue weighted by Gasteiger charge is 2.18. The second kappa shape index (κ2) is 7.88. The summed E-state index contributed by atoms with van der Waals surface area (Å²) in [5.41, 5.74) is 0. The van der Waals surface area contributed by atoms with Crippen molar-refractivity contribution in [3.05, 3.63) is 29.8 Å². The summed E-state index contributed by atoms with van der Waals surface area (Å²) < 4.78 is 56.8. The van der Waals surface area contributed by atoms with Gasteiger partial charge in [-0.15, -0.1) is 0 Å². The van der Waals surface area contributed by atoms with E-state index < -0.39 is 26.6 Å². The molecule has 108 valence electrons. The molecule has 0 aliphatic heterocycles. The van der Waals surface area contributed by atoms with E-state index >= 15 is 0 Å². The first-order valence-corrected chi connectivity index (χ1v) is 8.16. The van der Waals surface area contributed by atoms with Gasteiger partial charge in [0.05, 0.1) is 6.61 Å². The molecule has 1 aromatic carbocycles. The summed E-state index contributed by atoms with van der Waals surface area (Å²) in [6.45, 7) is 1.07. The lowest BCUT2D eigenvalue weighted by atomic mass is 10.3. The zero-order valence-electron chi connectivity index (χ0n) is 10.0. The van der Waals surface area contributed by atoms with Crippen LogP contribution in [-0.2, 0) is 14.8 Å². The summed E-state index contributed by atoms with van der Waals surface area (Å²) in [5.74, 6) is -1.93. The molecule has 0 aliphatic carbocycles. The molecule has 1 N–H and O–H groups in total. The Kier molecular flexibility index (Phi) is 6.84. The largest absolute Gasteiger partial charge is 0.381 e. The highest BCUT2D eigenvalue weighted by atomic mass is 79.9. The smallest absolute Gasteiger partial charge is 0.243 e.